The zero-order valence-corrected chi connectivity index (χ0v) is 42.4. The van der Waals surface area contributed by atoms with Gasteiger partial charge in [-0.2, -0.15) is 0 Å². The molecule has 0 amide bonds. The summed E-state index contributed by atoms with van der Waals surface area (Å²) >= 11 is 0. The van der Waals surface area contributed by atoms with E-state index in [-0.39, 0.29) is 0 Å². The van der Waals surface area contributed by atoms with Crippen LogP contribution in [-0.2, 0) is 20.6 Å². The second-order valence-corrected chi connectivity index (χ2v) is 38.3. The molecule has 0 N–H and O–H groups in total. The summed E-state index contributed by atoms with van der Waals surface area (Å²) in [7, 11) is -14.5. The fourth-order valence-electron chi connectivity index (χ4n) is 9.27. The Hall–Kier alpha value is 0.884. The second-order valence-electron chi connectivity index (χ2n) is 21.0. The van der Waals surface area contributed by atoms with Crippen LogP contribution in [0.2, 0.25) is 60.4 Å². The van der Waals surface area contributed by atoms with E-state index in [0.29, 0.717) is 59.2 Å². The Morgan fingerprint density at radius 1 is 0.200 bits per heavy atom. The van der Waals surface area contributed by atoms with E-state index >= 15 is 0 Å². The van der Waals surface area contributed by atoms with Gasteiger partial charge < -0.3 is 20.6 Å². The summed E-state index contributed by atoms with van der Waals surface area (Å²) in [5, 5.41) is 0. The van der Waals surface area contributed by atoms with Crippen LogP contribution in [-0.4, -0.2) is 42.8 Å². The van der Waals surface area contributed by atoms with Gasteiger partial charge >= 0.3 is 42.8 Å². The molecule has 1 fully saturated rings. The van der Waals surface area contributed by atoms with Gasteiger partial charge in [0.2, 0.25) is 0 Å². The van der Waals surface area contributed by atoms with E-state index in [4.69, 9.17) is 20.6 Å². The second kappa shape index (κ2) is 20.7. The summed E-state index contributed by atoms with van der Waals surface area (Å²) in [6, 6.07) is 10.0. The monoisotopic (exact) mass is 791 g/mol. The first-order chi connectivity index (χ1) is 22.7. The van der Waals surface area contributed by atoms with Gasteiger partial charge in [-0.3, -0.25) is 0 Å². The molecule has 0 aromatic carbocycles. The first-order valence-corrected chi connectivity index (χ1v) is 32.4. The number of hydrogen-bond donors (Lipinski definition) is 0. The normalized spacial score (nSPS) is 21.0. The molecule has 300 valence electrons. The van der Waals surface area contributed by atoms with Gasteiger partial charge in [-0.05, 0) is 120 Å². The van der Waals surface area contributed by atoms with Crippen molar-refractivity contribution in [3.8, 4) is 0 Å². The van der Waals surface area contributed by atoms with Gasteiger partial charge in [0.15, 0.2) is 0 Å². The van der Waals surface area contributed by atoms with Crippen LogP contribution in [0.15, 0.2) is 0 Å². The molecule has 0 spiro atoms. The Bertz CT molecular complexity index is 706. The van der Waals surface area contributed by atoms with E-state index in [1.165, 1.54) is 0 Å². The van der Waals surface area contributed by atoms with E-state index in [2.05, 4.69) is 138 Å². The summed E-state index contributed by atoms with van der Waals surface area (Å²) in [5.41, 5.74) is 0. The lowest BCUT2D eigenvalue weighted by Crippen LogP contribution is -2.71. The Kier molecular flexibility index (Phi) is 20.2. The van der Waals surface area contributed by atoms with Crippen LogP contribution < -0.4 is 0 Å². The fraction of sp³-hybridized carbons (Fsp3) is 1.00. The molecule has 10 heteroatoms. The lowest BCUT2D eigenvalue weighted by atomic mass is 10.3. The Labute approximate surface area is 320 Å². The van der Waals surface area contributed by atoms with Crippen molar-refractivity contribution in [3.05, 3.63) is 0 Å². The molecule has 0 atom stereocenters. The van der Waals surface area contributed by atoms with Crippen LogP contribution in [0.5, 0.6) is 0 Å². The van der Waals surface area contributed by atoms with Crippen LogP contribution in [0.25, 0.3) is 0 Å². The average Bonchev–Trinajstić information content (AvgIpc) is 2.77. The molecule has 1 saturated heterocycles. The summed E-state index contributed by atoms with van der Waals surface area (Å²) in [6.45, 7) is 47.8. The third-order valence-electron chi connectivity index (χ3n) is 9.05. The molecule has 0 aromatic rings. The highest BCUT2D eigenvalue weighted by atomic mass is 28.5. The smallest absolute Gasteiger partial charge is 0.321 e. The first-order valence-electron chi connectivity index (χ1n) is 21.2. The average molecular weight is 792 g/mol. The third kappa shape index (κ3) is 17.1. The molecule has 50 heavy (non-hydrogen) atoms. The molecule has 0 unspecified atom stereocenters. The maximum Gasteiger partial charge on any atom is 0.321 e. The van der Waals surface area contributed by atoms with Crippen molar-refractivity contribution < 1.29 is 20.6 Å². The first kappa shape index (κ1) is 48.9. The molecular formula is C40H90O5Si5. The maximum absolute atomic E-state index is 8.27. The lowest BCUT2D eigenvalue weighted by molar-refractivity contribution is 0.190. The third-order valence-corrected chi connectivity index (χ3v) is 38.3. The summed E-state index contributed by atoms with van der Waals surface area (Å²) in [6.07, 6.45) is 0. The molecule has 1 aliphatic heterocycles. The topological polar surface area (TPSA) is 46.2 Å². The van der Waals surface area contributed by atoms with Gasteiger partial charge in [-0.15, -0.1) is 0 Å². The molecule has 1 aliphatic rings. The highest BCUT2D eigenvalue weighted by Gasteiger charge is 2.63. The van der Waals surface area contributed by atoms with Crippen LogP contribution in [0.1, 0.15) is 138 Å². The van der Waals surface area contributed by atoms with E-state index in [1.807, 2.05) is 0 Å². The molecule has 1 heterocycles. The zero-order valence-electron chi connectivity index (χ0n) is 37.4. The molecule has 0 aromatic heterocycles. The Balaban J connectivity index is 4.72. The molecule has 5 nitrogen and oxygen atoms in total. The summed E-state index contributed by atoms with van der Waals surface area (Å²) in [5.74, 6) is 4.68. The van der Waals surface area contributed by atoms with Crippen LogP contribution in [0, 0.1) is 59.2 Å². The molecule has 0 saturated carbocycles. The van der Waals surface area contributed by atoms with E-state index in [0.717, 1.165) is 60.4 Å². The van der Waals surface area contributed by atoms with Crippen molar-refractivity contribution in [2.45, 2.75) is 199 Å². The van der Waals surface area contributed by atoms with Gasteiger partial charge in [0.25, 0.3) is 0 Å². The number of rotatable bonds is 20. The SMILES string of the molecule is CC(C)C[Si]1(CC(C)C)O[Si](CC(C)C)(CC(C)C)O[Si](CC(C)C)(CC(C)C)O[Si](CC(C)C)(CC(C)C)O[Si](CC(C)C)(CC(C)C)O1. The van der Waals surface area contributed by atoms with Crippen molar-refractivity contribution in [2.75, 3.05) is 0 Å². The molecule has 1 rings (SSSR count). The van der Waals surface area contributed by atoms with E-state index in [1.54, 1.807) is 0 Å². The van der Waals surface area contributed by atoms with Crippen molar-refractivity contribution in [1.29, 1.82) is 0 Å². The maximum atomic E-state index is 8.27. The highest BCUT2D eigenvalue weighted by molar-refractivity contribution is 6.95. The standard InChI is InChI=1S/C40H90O5Si5/c1-31(2)21-46(22-32(3)4)41-47(23-33(5)6,24-34(7)8)43-49(27-37(13)14,28-38(15)16)45-50(29-39(17)18,30-40(19)20)44-48(42-46,25-35(9)10)26-36(11)12/h31-40H,21-30H2,1-20H3. The number of hydrogen-bond acceptors (Lipinski definition) is 5. The molecule has 0 aliphatic carbocycles. The molecule has 0 radical (unpaired) electrons. The van der Waals surface area contributed by atoms with Crippen molar-refractivity contribution >= 4 is 42.8 Å². The minimum absolute atomic E-state index is 0.468. The predicted molar refractivity (Wildman–Crippen MR) is 231 cm³/mol. The van der Waals surface area contributed by atoms with Gasteiger partial charge in [0, 0.05) is 0 Å². The summed E-state index contributed by atoms with van der Waals surface area (Å²) < 4.78 is 41.4. The van der Waals surface area contributed by atoms with E-state index in [9.17, 15) is 0 Å². The van der Waals surface area contributed by atoms with Crippen molar-refractivity contribution in [2.24, 2.45) is 59.2 Å². The van der Waals surface area contributed by atoms with Crippen molar-refractivity contribution in [1.82, 2.24) is 0 Å². The molecular weight excluding hydrogens is 701 g/mol. The van der Waals surface area contributed by atoms with Crippen molar-refractivity contribution in [3.63, 3.8) is 0 Å². The fourth-order valence-corrected chi connectivity index (χ4v) is 45.5. The van der Waals surface area contributed by atoms with Gasteiger partial charge in [-0.1, -0.05) is 138 Å². The minimum atomic E-state index is -2.91. The van der Waals surface area contributed by atoms with Gasteiger partial charge in [-0.25, -0.2) is 0 Å². The zero-order chi connectivity index (χ0) is 38.9. The Morgan fingerprint density at radius 3 is 0.340 bits per heavy atom. The lowest BCUT2D eigenvalue weighted by Gasteiger charge is -2.56. The quantitative estimate of drug-likeness (QED) is 0.115. The minimum Gasteiger partial charge on any atom is -0.415 e. The van der Waals surface area contributed by atoms with E-state index < -0.39 is 42.8 Å². The highest BCUT2D eigenvalue weighted by Crippen LogP contribution is 2.48. The summed E-state index contributed by atoms with van der Waals surface area (Å²) in [4.78, 5) is 0. The Morgan fingerprint density at radius 2 is 0.280 bits per heavy atom. The van der Waals surface area contributed by atoms with Crippen LogP contribution >= 0.6 is 0 Å². The molecule has 0 bridgehead atoms. The van der Waals surface area contributed by atoms with Crippen LogP contribution in [0.3, 0.4) is 0 Å². The van der Waals surface area contributed by atoms with Gasteiger partial charge in [0.05, 0.1) is 0 Å². The predicted octanol–water partition coefficient (Wildman–Crippen LogP) is 13.9. The largest absolute Gasteiger partial charge is 0.415 e. The van der Waals surface area contributed by atoms with Gasteiger partial charge in [0.1, 0.15) is 0 Å². The van der Waals surface area contributed by atoms with Crippen LogP contribution in [0.4, 0.5) is 0 Å².